The normalized spacial score (nSPS) is 10.9. The van der Waals surface area contributed by atoms with Crippen molar-refractivity contribution in [2.75, 3.05) is 0 Å². The Hall–Kier alpha value is -2.96. The van der Waals surface area contributed by atoms with Crippen molar-refractivity contribution in [2.45, 2.75) is 20.0 Å². The summed E-state index contributed by atoms with van der Waals surface area (Å²) in [6.45, 7) is 4.00. The van der Waals surface area contributed by atoms with Crippen LogP contribution >= 0.6 is 0 Å². The number of hydrogen-bond donors (Lipinski definition) is 1. The summed E-state index contributed by atoms with van der Waals surface area (Å²) in [5.41, 5.74) is -0.0674. The Kier molecular flexibility index (Phi) is 5.36. The van der Waals surface area contributed by atoms with Gasteiger partial charge in [0.15, 0.2) is 0 Å². The number of benzene rings is 1. The van der Waals surface area contributed by atoms with Gasteiger partial charge in [0, 0.05) is 23.3 Å². The Morgan fingerprint density at radius 2 is 1.80 bits per heavy atom. The number of hydrogen-bond acceptors (Lipinski definition) is 3. The summed E-state index contributed by atoms with van der Waals surface area (Å²) in [5, 5.41) is 9.58. The van der Waals surface area contributed by atoms with Crippen LogP contribution in [0.15, 0.2) is 48.8 Å². The van der Waals surface area contributed by atoms with E-state index in [4.69, 9.17) is 5.11 Å². The summed E-state index contributed by atoms with van der Waals surface area (Å²) < 4.78 is 38.6. The smallest absolute Gasteiger partial charge is 0.416 e. The molecule has 0 saturated heterocycles. The van der Waals surface area contributed by atoms with Gasteiger partial charge >= 0.3 is 12.1 Å². The van der Waals surface area contributed by atoms with Crippen molar-refractivity contribution < 1.29 is 23.1 Å². The third-order valence-electron chi connectivity index (χ3n) is 3.32. The van der Waals surface area contributed by atoms with E-state index in [-0.39, 0.29) is 11.3 Å². The van der Waals surface area contributed by atoms with Crippen molar-refractivity contribution in [2.24, 2.45) is 0 Å². The van der Waals surface area contributed by atoms with Crippen molar-refractivity contribution in [3.63, 3.8) is 0 Å². The molecule has 130 valence electrons. The van der Waals surface area contributed by atoms with Gasteiger partial charge in [-0.1, -0.05) is 26.0 Å². The van der Waals surface area contributed by atoms with Gasteiger partial charge in [0.2, 0.25) is 0 Å². The third kappa shape index (κ3) is 3.93. The number of carbonyl (C=O) groups is 1. The largest absolute Gasteiger partial charge is 0.477 e. The molecule has 0 saturated carbocycles. The highest BCUT2D eigenvalue weighted by molar-refractivity contribution is 5.96. The lowest BCUT2D eigenvalue weighted by molar-refractivity contribution is -0.137. The highest BCUT2D eigenvalue weighted by Crippen LogP contribution is 2.33. The molecule has 0 aliphatic carbocycles. The van der Waals surface area contributed by atoms with Crippen LogP contribution in [-0.4, -0.2) is 21.0 Å². The average Bonchev–Trinajstić information content (AvgIpc) is 2.62. The van der Waals surface area contributed by atoms with Crippen LogP contribution in [0.3, 0.4) is 0 Å². The molecule has 0 aliphatic rings. The van der Waals surface area contributed by atoms with Crippen LogP contribution in [0.5, 0.6) is 0 Å². The maximum Gasteiger partial charge on any atom is 0.416 e. The number of carboxylic acids is 1. The Morgan fingerprint density at radius 1 is 1.08 bits per heavy atom. The summed E-state index contributed by atoms with van der Waals surface area (Å²) in [5.74, 6) is -1.21. The van der Waals surface area contributed by atoms with Gasteiger partial charge in [-0.05, 0) is 29.8 Å². The predicted molar refractivity (Wildman–Crippen MR) is 88.3 cm³/mol. The van der Waals surface area contributed by atoms with E-state index in [1.807, 2.05) is 13.8 Å². The number of rotatable bonds is 2. The van der Waals surface area contributed by atoms with Crippen LogP contribution in [0.4, 0.5) is 13.2 Å². The molecule has 0 amide bonds. The molecule has 0 spiro atoms. The van der Waals surface area contributed by atoms with Crippen LogP contribution in [0.2, 0.25) is 0 Å². The molecule has 0 unspecified atom stereocenters. The molecule has 7 heteroatoms. The van der Waals surface area contributed by atoms with Gasteiger partial charge in [0.05, 0.1) is 11.1 Å². The number of halogens is 3. The average molecular weight is 348 g/mol. The van der Waals surface area contributed by atoms with Crippen LogP contribution in [0.1, 0.15) is 29.9 Å². The van der Waals surface area contributed by atoms with Crippen LogP contribution in [0, 0.1) is 0 Å². The molecule has 3 rings (SSSR count). The van der Waals surface area contributed by atoms with E-state index in [9.17, 15) is 18.0 Å². The molecule has 25 heavy (non-hydrogen) atoms. The predicted octanol–water partition coefficient (Wildman–Crippen LogP) is 5.04. The number of nitrogens with zero attached hydrogens (tertiary/aromatic N) is 2. The first-order chi connectivity index (χ1) is 11.9. The quantitative estimate of drug-likeness (QED) is 0.705. The molecule has 0 bridgehead atoms. The third-order valence-corrected chi connectivity index (χ3v) is 3.32. The van der Waals surface area contributed by atoms with Gasteiger partial charge in [0.1, 0.15) is 5.69 Å². The fraction of sp³-hybridized carbons (Fsp3) is 0.167. The van der Waals surface area contributed by atoms with Crippen LogP contribution in [-0.2, 0) is 6.18 Å². The van der Waals surface area contributed by atoms with Gasteiger partial charge in [-0.15, -0.1) is 0 Å². The molecule has 2 aromatic heterocycles. The standard InChI is InChI=1S/C16H9F3N2O2.C2H6/c17-16(18,19)11-3-1-2-9(6-11)12-8-20-7-10-4-5-13(15(22)23)21-14(10)12;1-2/h1-8H,(H,22,23);1-2H3. The molecule has 4 nitrogen and oxygen atoms in total. The highest BCUT2D eigenvalue weighted by atomic mass is 19.4. The maximum atomic E-state index is 12.9. The Bertz CT molecular complexity index is 908. The molecular weight excluding hydrogens is 333 g/mol. The second-order valence-corrected chi connectivity index (χ2v) is 4.84. The lowest BCUT2D eigenvalue weighted by Crippen LogP contribution is -2.05. The van der Waals surface area contributed by atoms with E-state index < -0.39 is 17.7 Å². The number of aromatic carboxylic acids is 1. The van der Waals surface area contributed by atoms with E-state index >= 15 is 0 Å². The zero-order valence-corrected chi connectivity index (χ0v) is 13.5. The lowest BCUT2D eigenvalue weighted by atomic mass is 10.0. The maximum absolute atomic E-state index is 12.9. The van der Waals surface area contributed by atoms with Crippen LogP contribution < -0.4 is 0 Å². The summed E-state index contributed by atoms with van der Waals surface area (Å²) in [6, 6.07) is 7.60. The number of aromatic nitrogens is 2. The molecule has 0 radical (unpaired) electrons. The second-order valence-electron chi connectivity index (χ2n) is 4.84. The van der Waals surface area contributed by atoms with Crippen molar-refractivity contribution in [3.8, 4) is 11.1 Å². The first-order valence-electron chi connectivity index (χ1n) is 7.52. The Balaban J connectivity index is 0.00000109. The van der Waals surface area contributed by atoms with E-state index in [0.717, 1.165) is 12.1 Å². The van der Waals surface area contributed by atoms with Gasteiger partial charge in [-0.3, -0.25) is 4.98 Å². The van der Waals surface area contributed by atoms with Crippen molar-refractivity contribution >= 4 is 16.9 Å². The number of carboxylic acid groups (broad SMARTS) is 1. The highest BCUT2D eigenvalue weighted by Gasteiger charge is 2.30. The zero-order chi connectivity index (χ0) is 18.6. The number of alkyl halides is 3. The fourth-order valence-electron chi connectivity index (χ4n) is 2.24. The number of fused-ring (bicyclic) bond motifs is 1. The van der Waals surface area contributed by atoms with E-state index in [1.54, 1.807) is 0 Å². The second kappa shape index (κ2) is 7.29. The van der Waals surface area contributed by atoms with Crippen molar-refractivity contribution in [1.82, 2.24) is 9.97 Å². The molecule has 2 heterocycles. The summed E-state index contributed by atoms with van der Waals surface area (Å²) in [6.07, 6.45) is -1.62. The molecule has 3 aromatic rings. The monoisotopic (exact) mass is 348 g/mol. The van der Waals surface area contributed by atoms with Gasteiger partial charge in [-0.25, -0.2) is 9.78 Å². The topological polar surface area (TPSA) is 63.1 Å². The summed E-state index contributed by atoms with van der Waals surface area (Å²) >= 11 is 0. The van der Waals surface area contributed by atoms with Gasteiger partial charge in [0.25, 0.3) is 0 Å². The molecule has 0 aliphatic heterocycles. The minimum atomic E-state index is -4.46. The van der Waals surface area contributed by atoms with Crippen molar-refractivity contribution in [1.29, 1.82) is 0 Å². The SMILES string of the molecule is CC.O=C(O)c1ccc2cncc(-c3cccc(C(F)(F)F)c3)c2n1. The van der Waals surface area contributed by atoms with E-state index in [0.29, 0.717) is 16.5 Å². The minimum absolute atomic E-state index is 0.183. The van der Waals surface area contributed by atoms with E-state index in [1.165, 1.54) is 36.7 Å². The zero-order valence-electron chi connectivity index (χ0n) is 13.5. The summed E-state index contributed by atoms with van der Waals surface area (Å²) in [7, 11) is 0. The Morgan fingerprint density at radius 3 is 2.44 bits per heavy atom. The van der Waals surface area contributed by atoms with Crippen LogP contribution in [0.25, 0.3) is 22.0 Å². The fourth-order valence-corrected chi connectivity index (χ4v) is 2.24. The Labute approximate surface area is 142 Å². The molecule has 0 fully saturated rings. The molecule has 1 aromatic carbocycles. The first-order valence-corrected chi connectivity index (χ1v) is 7.52. The number of pyridine rings is 2. The minimum Gasteiger partial charge on any atom is -0.477 e. The molecule has 0 atom stereocenters. The summed E-state index contributed by atoms with van der Waals surface area (Å²) in [4.78, 5) is 19.1. The van der Waals surface area contributed by atoms with Gasteiger partial charge in [-0.2, -0.15) is 13.2 Å². The molecular formula is C18H15F3N2O2. The molecule has 1 N–H and O–H groups in total. The lowest BCUT2D eigenvalue weighted by Gasteiger charge is -2.10. The first kappa shape index (κ1) is 18.4. The van der Waals surface area contributed by atoms with E-state index in [2.05, 4.69) is 9.97 Å². The van der Waals surface area contributed by atoms with Crippen molar-refractivity contribution in [3.05, 3.63) is 60.0 Å². The van der Waals surface area contributed by atoms with Gasteiger partial charge < -0.3 is 5.11 Å².